The molecule has 0 aliphatic heterocycles. The van der Waals surface area contributed by atoms with E-state index in [0.717, 1.165) is 5.01 Å². The maximum atomic E-state index is 13.3. The zero-order chi connectivity index (χ0) is 11.0. The Labute approximate surface area is 98.6 Å². The van der Waals surface area contributed by atoms with Crippen molar-refractivity contribution in [3.05, 3.63) is 26.5 Å². The van der Waals surface area contributed by atoms with E-state index >= 15 is 0 Å². The van der Waals surface area contributed by atoms with Gasteiger partial charge in [0.25, 0.3) is 0 Å². The number of hydrogen-bond acceptors (Lipinski definition) is 4. The van der Waals surface area contributed by atoms with E-state index in [0.29, 0.717) is 21.7 Å². The summed E-state index contributed by atoms with van der Waals surface area (Å²) in [5.41, 5.74) is 1.19. The second kappa shape index (κ2) is 3.94. The van der Waals surface area contributed by atoms with E-state index in [1.165, 1.54) is 11.3 Å². The van der Waals surface area contributed by atoms with Crippen LogP contribution in [0.4, 0.5) is 4.39 Å². The summed E-state index contributed by atoms with van der Waals surface area (Å²) >= 11 is 4.56. The van der Waals surface area contributed by atoms with Crippen molar-refractivity contribution >= 4 is 27.3 Å². The van der Waals surface area contributed by atoms with Gasteiger partial charge in [0.1, 0.15) is 5.69 Å². The highest BCUT2D eigenvalue weighted by Crippen LogP contribution is 2.22. The van der Waals surface area contributed by atoms with Crippen LogP contribution in [0.1, 0.15) is 10.7 Å². The molecule has 15 heavy (non-hydrogen) atoms. The van der Waals surface area contributed by atoms with Crippen LogP contribution in [0.2, 0.25) is 0 Å². The highest BCUT2D eigenvalue weighted by atomic mass is 79.9. The van der Waals surface area contributed by atoms with Gasteiger partial charge in [-0.1, -0.05) is 0 Å². The quantitative estimate of drug-likeness (QED) is 0.757. The van der Waals surface area contributed by atoms with E-state index in [9.17, 15) is 4.39 Å². The Bertz CT molecular complexity index is 489. The van der Waals surface area contributed by atoms with Gasteiger partial charge in [0.15, 0.2) is 5.82 Å². The molecular weight excluding hydrogens is 281 g/mol. The van der Waals surface area contributed by atoms with Crippen LogP contribution in [-0.4, -0.2) is 15.0 Å². The van der Waals surface area contributed by atoms with Crippen molar-refractivity contribution in [2.24, 2.45) is 0 Å². The first-order chi connectivity index (χ1) is 7.08. The van der Waals surface area contributed by atoms with Crippen molar-refractivity contribution in [3.63, 3.8) is 0 Å². The lowest BCUT2D eigenvalue weighted by molar-refractivity contribution is 0.571. The standard InChI is InChI=1S/C9H7BrFN3S/c1-4-7(10)8(11)14-9(12-4)6-3-15-5(2)13-6/h3H,1-2H3. The molecule has 0 atom stereocenters. The van der Waals surface area contributed by atoms with E-state index in [1.807, 2.05) is 12.3 Å². The van der Waals surface area contributed by atoms with Gasteiger partial charge in [0.05, 0.1) is 15.2 Å². The van der Waals surface area contributed by atoms with Gasteiger partial charge in [-0.15, -0.1) is 11.3 Å². The number of aromatic nitrogens is 3. The first-order valence-corrected chi connectivity index (χ1v) is 5.87. The molecule has 6 heteroatoms. The molecule has 0 saturated heterocycles. The summed E-state index contributed by atoms with van der Waals surface area (Å²) < 4.78 is 13.6. The summed E-state index contributed by atoms with van der Waals surface area (Å²) in [5.74, 6) is -0.222. The van der Waals surface area contributed by atoms with Crippen LogP contribution in [0.5, 0.6) is 0 Å². The monoisotopic (exact) mass is 287 g/mol. The molecule has 2 aromatic rings. The summed E-state index contributed by atoms with van der Waals surface area (Å²) in [6.07, 6.45) is 0. The molecule has 3 nitrogen and oxygen atoms in total. The second-order valence-corrected chi connectivity index (χ2v) is 4.84. The minimum Gasteiger partial charge on any atom is -0.238 e. The molecule has 2 heterocycles. The maximum Gasteiger partial charge on any atom is 0.231 e. The van der Waals surface area contributed by atoms with Crippen molar-refractivity contribution in [3.8, 4) is 11.5 Å². The van der Waals surface area contributed by atoms with E-state index in [4.69, 9.17) is 0 Å². The molecule has 0 aliphatic rings. The highest BCUT2D eigenvalue weighted by molar-refractivity contribution is 9.10. The largest absolute Gasteiger partial charge is 0.238 e. The SMILES string of the molecule is Cc1nc(-c2nc(C)c(Br)c(F)n2)cs1. The molecule has 0 fully saturated rings. The van der Waals surface area contributed by atoms with Crippen molar-refractivity contribution in [2.75, 3.05) is 0 Å². The van der Waals surface area contributed by atoms with E-state index in [-0.39, 0.29) is 0 Å². The van der Waals surface area contributed by atoms with Crippen molar-refractivity contribution in [2.45, 2.75) is 13.8 Å². The normalized spacial score (nSPS) is 10.7. The lowest BCUT2D eigenvalue weighted by Gasteiger charge is -2.01. The molecule has 0 unspecified atom stereocenters. The lowest BCUT2D eigenvalue weighted by Crippen LogP contribution is -1.97. The molecule has 78 valence electrons. The smallest absolute Gasteiger partial charge is 0.231 e. The Morgan fingerprint density at radius 1 is 1.27 bits per heavy atom. The van der Waals surface area contributed by atoms with Gasteiger partial charge in [0.2, 0.25) is 5.95 Å². The van der Waals surface area contributed by atoms with Crippen LogP contribution >= 0.6 is 27.3 Å². The molecule has 0 aromatic carbocycles. The number of rotatable bonds is 1. The predicted molar refractivity (Wildman–Crippen MR) is 60.3 cm³/mol. The molecule has 2 rings (SSSR count). The van der Waals surface area contributed by atoms with Gasteiger partial charge >= 0.3 is 0 Å². The van der Waals surface area contributed by atoms with Crippen molar-refractivity contribution < 1.29 is 4.39 Å². The third-order valence-electron chi connectivity index (χ3n) is 1.82. The van der Waals surface area contributed by atoms with Crippen LogP contribution in [0.25, 0.3) is 11.5 Å². The van der Waals surface area contributed by atoms with E-state index in [1.54, 1.807) is 6.92 Å². The lowest BCUT2D eigenvalue weighted by atomic mass is 10.4. The molecule has 0 spiro atoms. The second-order valence-electron chi connectivity index (χ2n) is 2.99. The Balaban J connectivity index is 2.55. The highest BCUT2D eigenvalue weighted by Gasteiger charge is 2.12. The fraction of sp³-hybridized carbons (Fsp3) is 0.222. The fourth-order valence-corrected chi connectivity index (χ4v) is 1.87. The number of nitrogens with zero attached hydrogens (tertiary/aromatic N) is 3. The molecule has 0 radical (unpaired) electrons. The third kappa shape index (κ3) is 2.05. The van der Waals surface area contributed by atoms with E-state index < -0.39 is 5.95 Å². The van der Waals surface area contributed by atoms with Crippen molar-refractivity contribution in [1.82, 2.24) is 15.0 Å². The first-order valence-electron chi connectivity index (χ1n) is 4.20. The Morgan fingerprint density at radius 3 is 2.53 bits per heavy atom. The average molecular weight is 288 g/mol. The number of aryl methyl sites for hydroxylation is 2. The van der Waals surface area contributed by atoms with Crippen LogP contribution < -0.4 is 0 Å². The van der Waals surface area contributed by atoms with E-state index in [2.05, 4.69) is 30.9 Å². The van der Waals surface area contributed by atoms with Crippen LogP contribution in [0.15, 0.2) is 9.85 Å². The minimum atomic E-state index is -0.553. The zero-order valence-electron chi connectivity index (χ0n) is 8.08. The number of hydrogen-bond donors (Lipinski definition) is 0. The molecule has 0 aliphatic carbocycles. The Kier molecular flexibility index (Phi) is 2.79. The van der Waals surface area contributed by atoms with Crippen LogP contribution in [0, 0.1) is 19.8 Å². The predicted octanol–water partition coefficient (Wildman–Crippen LogP) is 3.12. The minimum absolute atomic E-state index is 0.304. The summed E-state index contributed by atoms with van der Waals surface area (Å²) in [6.45, 7) is 3.60. The Hall–Kier alpha value is -0.880. The molecule has 0 saturated carbocycles. The molecule has 0 bridgehead atoms. The van der Waals surface area contributed by atoms with Gasteiger partial charge in [-0.2, -0.15) is 9.37 Å². The van der Waals surface area contributed by atoms with Gasteiger partial charge in [-0.05, 0) is 29.8 Å². The molecular formula is C9H7BrFN3S. The molecule has 0 N–H and O–H groups in total. The first kappa shape index (κ1) is 10.6. The van der Waals surface area contributed by atoms with Crippen LogP contribution in [-0.2, 0) is 0 Å². The third-order valence-corrected chi connectivity index (χ3v) is 3.50. The summed E-state index contributed by atoms with van der Waals surface area (Å²) in [4.78, 5) is 12.1. The van der Waals surface area contributed by atoms with Gasteiger partial charge in [-0.25, -0.2) is 9.97 Å². The summed E-state index contributed by atoms with van der Waals surface area (Å²) in [6, 6.07) is 0. The summed E-state index contributed by atoms with van der Waals surface area (Å²) in [5, 5.41) is 2.73. The Morgan fingerprint density at radius 2 is 2.00 bits per heavy atom. The molecule has 0 amide bonds. The maximum absolute atomic E-state index is 13.3. The van der Waals surface area contributed by atoms with Gasteiger partial charge < -0.3 is 0 Å². The number of thiazole rings is 1. The van der Waals surface area contributed by atoms with Gasteiger partial charge in [-0.3, -0.25) is 0 Å². The van der Waals surface area contributed by atoms with Crippen LogP contribution in [0.3, 0.4) is 0 Å². The summed E-state index contributed by atoms with van der Waals surface area (Å²) in [7, 11) is 0. The molecule has 2 aromatic heterocycles. The average Bonchev–Trinajstić information content (AvgIpc) is 2.60. The van der Waals surface area contributed by atoms with Crippen molar-refractivity contribution in [1.29, 1.82) is 0 Å². The van der Waals surface area contributed by atoms with Gasteiger partial charge in [0, 0.05) is 5.38 Å². The topological polar surface area (TPSA) is 38.7 Å². The fourth-order valence-electron chi connectivity index (χ4n) is 1.10. The number of halogens is 2. The zero-order valence-corrected chi connectivity index (χ0v) is 10.5.